The number of alkyl halides is 6. The first-order valence-corrected chi connectivity index (χ1v) is 18.9. The Morgan fingerprint density at radius 2 is 1.41 bits per heavy atom. The number of benzene rings is 2. The average molecular weight is 850 g/mol. The number of amides is 4. The molecule has 0 aromatic heterocycles. The van der Waals surface area contributed by atoms with Gasteiger partial charge in [-0.05, 0) is 91.0 Å². The van der Waals surface area contributed by atoms with E-state index in [2.05, 4.69) is 25.7 Å². The fraction of sp³-hybridized carbons (Fsp3) is 0.526. The second-order valence-electron chi connectivity index (χ2n) is 15.4. The Morgan fingerprint density at radius 3 is 1.97 bits per heavy atom. The summed E-state index contributed by atoms with van der Waals surface area (Å²) in [6.07, 6.45) is -18.5. The molecule has 20 heteroatoms. The molecule has 12 nitrogen and oxygen atoms in total. The van der Waals surface area contributed by atoms with Gasteiger partial charge in [-0.3, -0.25) is 19.1 Å². The molecule has 4 atom stereocenters. The SMILES string of the molecule is Cc1cccc2c1NC(=O)C(NC(=O)C(CCC(F)(F)F)C(CCC(F)(F)F)C(=O)NSCC(NC(=O)OC(C)(C)C)C(=O)OC(C)(C)C)N=C2c1cccc(F)c1. The summed E-state index contributed by atoms with van der Waals surface area (Å²) in [5.41, 5.74) is -0.827. The van der Waals surface area contributed by atoms with Crippen LogP contribution in [0.3, 0.4) is 0 Å². The highest BCUT2D eigenvalue weighted by atomic mass is 32.2. The summed E-state index contributed by atoms with van der Waals surface area (Å²) in [4.78, 5) is 70.9. The summed E-state index contributed by atoms with van der Waals surface area (Å²) in [5.74, 6) is -10.0. The van der Waals surface area contributed by atoms with Gasteiger partial charge in [0.1, 0.15) is 23.1 Å². The van der Waals surface area contributed by atoms with Crippen LogP contribution in [0, 0.1) is 24.6 Å². The first-order valence-electron chi connectivity index (χ1n) is 17.9. The number of carbonyl (C=O) groups is 5. The maximum Gasteiger partial charge on any atom is 0.408 e. The van der Waals surface area contributed by atoms with Gasteiger partial charge in [-0.15, -0.1) is 0 Å². The molecule has 0 spiro atoms. The van der Waals surface area contributed by atoms with Crippen LogP contribution in [-0.2, 0) is 28.7 Å². The Labute approximate surface area is 335 Å². The van der Waals surface area contributed by atoms with Gasteiger partial charge in [0.15, 0.2) is 0 Å². The highest BCUT2D eigenvalue weighted by Gasteiger charge is 2.42. The van der Waals surface area contributed by atoms with Crippen molar-refractivity contribution in [1.29, 1.82) is 0 Å². The molecular formula is C38H46F7N5O7S. The summed E-state index contributed by atoms with van der Waals surface area (Å²) < 4.78 is 109. The van der Waals surface area contributed by atoms with E-state index in [-0.39, 0.29) is 17.0 Å². The van der Waals surface area contributed by atoms with Crippen LogP contribution in [0.4, 0.5) is 41.2 Å². The van der Waals surface area contributed by atoms with E-state index in [1.165, 1.54) is 32.9 Å². The number of ether oxygens (including phenoxy) is 2. The number of halogens is 7. The molecule has 4 N–H and O–H groups in total. The van der Waals surface area contributed by atoms with Crippen LogP contribution in [0.5, 0.6) is 0 Å². The number of nitrogens with one attached hydrogen (secondary N) is 4. The van der Waals surface area contributed by atoms with Gasteiger partial charge >= 0.3 is 24.4 Å². The molecule has 0 radical (unpaired) electrons. The van der Waals surface area contributed by atoms with E-state index in [0.717, 1.165) is 12.1 Å². The van der Waals surface area contributed by atoms with Gasteiger partial charge in [0.2, 0.25) is 18.0 Å². The van der Waals surface area contributed by atoms with Crippen LogP contribution in [0.1, 0.15) is 83.9 Å². The molecule has 2 aromatic carbocycles. The Balaban J connectivity index is 1.98. The van der Waals surface area contributed by atoms with E-state index < -0.39 is 115 Å². The van der Waals surface area contributed by atoms with Crippen molar-refractivity contribution in [3.8, 4) is 0 Å². The van der Waals surface area contributed by atoms with E-state index in [1.807, 2.05) is 0 Å². The number of anilines is 1. The number of aryl methyl sites for hydroxylation is 1. The molecule has 1 heterocycles. The van der Waals surface area contributed by atoms with Crippen molar-refractivity contribution in [3.63, 3.8) is 0 Å². The number of rotatable bonds is 14. The van der Waals surface area contributed by atoms with Crippen LogP contribution in [0.15, 0.2) is 47.5 Å². The largest absolute Gasteiger partial charge is 0.458 e. The molecule has 3 rings (SSSR count). The summed E-state index contributed by atoms with van der Waals surface area (Å²) in [6, 6.07) is 8.36. The number of alkyl carbamates (subject to hydrolysis) is 1. The van der Waals surface area contributed by atoms with Gasteiger partial charge in [0.25, 0.3) is 5.91 Å². The van der Waals surface area contributed by atoms with Crippen molar-refractivity contribution >= 4 is 53.1 Å². The maximum atomic E-state index is 14.4. The van der Waals surface area contributed by atoms with E-state index in [4.69, 9.17) is 9.47 Å². The van der Waals surface area contributed by atoms with Crippen molar-refractivity contribution < 1.29 is 64.2 Å². The molecular weight excluding hydrogens is 803 g/mol. The molecule has 0 saturated carbocycles. The van der Waals surface area contributed by atoms with Crippen molar-refractivity contribution in [2.45, 2.75) is 110 Å². The highest BCUT2D eigenvalue weighted by molar-refractivity contribution is 7.98. The predicted molar refractivity (Wildman–Crippen MR) is 201 cm³/mol. The number of para-hydroxylation sites is 1. The Hall–Kier alpha value is -4.88. The third kappa shape index (κ3) is 15.5. The molecule has 0 bridgehead atoms. The molecule has 1 aliphatic heterocycles. The van der Waals surface area contributed by atoms with Crippen LogP contribution >= 0.6 is 11.9 Å². The first-order chi connectivity index (χ1) is 26.6. The summed E-state index contributed by atoms with van der Waals surface area (Å²) in [6.45, 7) is 10.9. The third-order valence-electron chi connectivity index (χ3n) is 8.10. The van der Waals surface area contributed by atoms with Crippen molar-refractivity contribution in [3.05, 3.63) is 65.0 Å². The lowest BCUT2D eigenvalue weighted by atomic mass is 9.83. The summed E-state index contributed by atoms with van der Waals surface area (Å²) in [7, 11) is 0. The fourth-order valence-electron chi connectivity index (χ4n) is 5.62. The zero-order valence-corrected chi connectivity index (χ0v) is 33.6. The molecule has 0 saturated heterocycles. The Kier molecular flexibility index (Phi) is 15.8. The van der Waals surface area contributed by atoms with Crippen LogP contribution < -0.4 is 20.7 Å². The Bertz CT molecular complexity index is 1860. The lowest BCUT2D eigenvalue weighted by Crippen LogP contribution is -2.49. The summed E-state index contributed by atoms with van der Waals surface area (Å²) in [5, 5.41) is 7.09. The average Bonchev–Trinajstić information content (AvgIpc) is 3.19. The lowest BCUT2D eigenvalue weighted by molar-refractivity contribution is -0.156. The van der Waals surface area contributed by atoms with Gasteiger partial charge < -0.3 is 25.4 Å². The minimum Gasteiger partial charge on any atom is -0.458 e. The number of carbonyl (C=O) groups excluding carboxylic acids is 5. The van der Waals surface area contributed by atoms with Crippen LogP contribution in [0.2, 0.25) is 0 Å². The lowest BCUT2D eigenvalue weighted by Gasteiger charge is -2.28. The van der Waals surface area contributed by atoms with Crippen LogP contribution in [0.25, 0.3) is 0 Å². The minimum absolute atomic E-state index is 0.00371. The maximum absolute atomic E-state index is 14.4. The summed E-state index contributed by atoms with van der Waals surface area (Å²) >= 11 is 0.408. The van der Waals surface area contributed by atoms with Crippen LogP contribution in [-0.4, -0.2) is 77.0 Å². The monoisotopic (exact) mass is 849 g/mol. The second kappa shape index (κ2) is 19.2. The van der Waals surface area contributed by atoms with E-state index in [0.29, 0.717) is 23.1 Å². The van der Waals surface area contributed by atoms with Gasteiger partial charge in [-0.25, -0.2) is 19.0 Å². The number of fused-ring (bicyclic) bond motifs is 1. The molecule has 320 valence electrons. The minimum atomic E-state index is -4.92. The molecule has 4 amide bonds. The van der Waals surface area contributed by atoms with Crippen molar-refractivity contribution in [2.24, 2.45) is 16.8 Å². The number of hydrogen-bond acceptors (Lipinski definition) is 9. The van der Waals surface area contributed by atoms with Gasteiger partial charge in [-0.2, -0.15) is 26.3 Å². The smallest absolute Gasteiger partial charge is 0.408 e. The first kappa shape index (κ1) is 47.5. The highest BCUT2D eigenvalue weighted by Crippen LogP contribution is 2.34. The number of aliphatic imine (C=N–C) groups is 1. The molecule has 2 aromatic rings. The topological polar surface area (TPSA) is 164 Å². The quantitative estimate of drug-likeness (QED) is 0.0876. The van der Waals surface area contributed by atoms with Gasteiger partial charge in [-0.1, -0.05) is 30.3 Å². The van der Waals surface area contributed by atoms with E-state index >= 15 is 0 Å². The standard InChI is InChI=1S/C38H46F7N5O7S/c1-20-10-8-13-25-27(20)48-32(53)29(47-28(25)21-11-9-12-22(39)18-21)49-30(51)23(14-16-37(40,41)42)24(15-17-38(43,44)45)31(52)50-58-19-26(33(54)56-35(2,3)4)46-34(55)57-36(5,6)7/h8-13,18,23-24,26,29H,14-17,19H2,1-7H3,(H,46,55)(H,48,53)(H,49,51)(H,50,52). The zero-order chi connectivity index (χ0) is 43.8. The van der Waals surface area contributed by atoms with Crippen molar-refractivity contribution in [1.82, 2.24) is 15.4 Å². The van der Waals surface area contributed by atoms with E-state index in [1.54, 1.807) is 45.9 Å². The van der Waals surface area contributed by atoms with E-state index in [9.17, 15) is 54.7 Å². The molecule has 58 heavy (non-hydrogen) atoms. The molecule has 0 fully saturated rings. The normalized spacial score (nSPS) is 16.3. The number of nitrogens with zero attached hydrogens (tertiary/aromatic N) is 1. The number of esters is 1. The predicted octanol–water partition coefficient (Wildman–Crippen LogP) is 7.28. The molecule has 1 aliphatic rings. The van der Waals surface area contributed by atoms with Crippen molar-refractivity contribution in [2.75, 3.05) is 11.1 Å². The fourth-order valence-corrected chi connectivity index (χ4v) is 6.38. The third-order valence-corrected chi connectivity index (χ3v) is 8.95. The van der Waals surface area contributed by atoms with Gasteiger partial charge in [0.05, 0.1) is 17.3 Å². The number of benzodiazepines with no additional fused rings is 1. The Morgan fingerprint density at radius 1 is 0.845 bits per heavy atom. The second-order valence-corrected chi connectivity index (χ2v) is 16.2. The zero-order valence-electron chi connectivity index (χ0n) is 32.7. The van der Waals surface area contributed by atoms with Gasteiger partial charge in [0, 0.05) is 35.6 Å². The number of hydrogen-bond donors (Lipinski definition) is 4. The molecule has 0 aliphatic carbocycles. The molecule has 4 unspecified atom stereocenters.